The Morgan fingerprint density at radius 3 is 2.60 bits per heavy atom. The summed E-state index contributed by atoms with van der Waals surface area (Å²) in [6, 6.07) is 0. The van der Waals surface area contributed by atoms with Gasteiger partial charge in [-0.25, -0.2) is 0 Å². The molecule has 0 fully saturated rings. The maximum Gasteiger partial charge on any atom is 0.308 e. The summed E-state index contributed by atoms with van der Waals surface area (Å²) >= 11 is 0. The first kappa shape index (κ1) is 9.43. The highest BCUT2D eigenvalue weighted by Gasteiger charge is 2.14. The predicted octanol–water partition coefficient (Wildman–Crippen LogP) is 1.13. The van der Waals surface area contributed by atoms with Gasteiger partial charge in [-0.15, -0.1) is 0 Å². The van der Waals surface area contributed by atoms with Gasteiger partial charge in [-0.05, 0) is 6.42 Å². The van der Waals surface area contributed by atoms with Crippen molar-refractivity contribution in [2.45, 2.75) is 19.8 Å². The molecule has 0 spiro atoms. The first-order valence-corrected chi connectivity index (χ1v) is 3.44. The summed E-state index contributed by atoms with van der Waals surface area (Å²) in [5.41, 5.74) is 0. The molecule has 0 heterocycles. The fourth-order valence-corrected chi connectivity index (χ4v) is 0.828. The van der Waals surface area contributed by atoms with E-state index in [1.807, 2.05) is 6.92 Å². The maximum absolute atomic E-state index is 10.4. The van der Waals surface area contributed by atoms with Gasteiger partial charge in [0.2, 0.25) is 0 Å². The Hall–Kier alpha value is -0.570. The van der Waals surface area contributed by atoms with Crippen LogP contribution in [0, 0.1) is 5.92 Å². The Morgan fingerprint density at radius 2 is 2.30 bits per heavy atom. The molecule has 0 aromatic rings. The van der Waals surface area contributed by atoms with Crippen LogP contribution in [0.5, 0.6) is 0 Å². The molecule has 0 rings (SSSR count). The van der Waals surface area contributed by atoms with Crippen molar-refractivity contribution in [1.82, 2.24) is 0 Å². The molecule has 0 aromatic heterocycles. The van der Waals surface area contributed by atoms with Crippen LogP contribution in [0.4, 0.5) is 0 Å². The van der Waals surface area contributed by atoms with Crippen molar-refractivity contribution < 1.29 is 14.6 Å². The molecule has 0 aromatic carbocycles. The number of hydrogen-bond donors (Lipinski definition) is 1. The van der Waals surface area contributed by atoms with Gasteiger partial charge in [0, 0.05) is 7.11 Å². The number of carbonyl (C=O) groups is 1. The van der Waals surface area contributed by atoms with Gasteiger partial charge in [-0.1, -0.05) is 13.3 Å². The zero-order chi connectivity index (χ0) is 7.98. The first-order chi connectivity index (χ1) is 4.72. The number of ether oxygens (including phenoxy) is 1. The monoisotopic (exact) mass is 146 g/mol. The molecule has 3 nitrogen and oxygen atoms in total. The van der Waals surface area contributed by atoms with E-state index in [0.29, 0.717) is 13.0 Å². The Labute approximate surface area is 61.0 Å². The van der Waals surface area contributed by atoms with Crippen LogP contribution in [0.15, 0.2) is 0 Å². The molecule has 0 radical (unpaired) electrons. The van der Waals surface area contributed by atoms with Crippen molar-refractivity contribution in [3.63, 3.8) is 0 Å². The summed E-state index contributed by atoms with van der Waals surface area (Å²) in [6.07, 6.45) is 1.59. The molecular formula is C7H14O3. The van der Waals surface area contributed by atoms with E-state index >= 15 is 0 Å². The third-order valence-corrected chi connectivity index (χ3v) is 1.35. The van der Waals surface area contributed by atoms with Gasteiger partial charge < -0.3 is 9.84 Å². The van der Waals surface area contributed by atoms with E-state index in [1.54, 1.807) is 0 Å². The smallest absolute Gasteiger partial charge is 0.308 e. The van der Waals surface area contributed by atoms with Crippen molar-refractivity contribution in [2.24, 2.45) is 5.92 Å². The van der Waals surface area contributed by atoms with E-state index < -0.39 is 5.97 Å². The van der Waals surface area contributed by atoms with E-state index in [1.165, 1.54) is 7.11 Å². The van der Waals surface area contributed by atoms with Gasteiger partial charge in [-0.2, -0.15) is 0 Å². The van der Waals surface area contributed by atoms with E-state index in [2.05, 4.69) is 0 Å². The fourth-order valence-electron chi connectivity index (χ4n) is 0.828. The van der Waals surface area contributed by atoms with Crippen LogP contribution >= 0.6 is 0 Å². The van der Waals surface area contributed by atoms with E-state index in [0.717, 1.165) is 6.42 Å². The van der Waals surface area contributed by atoms with Crippen molar-refractivity contribution in [2.75, 3.05) is 13.7 Å². The fraction of sp³-hybridized carbons (Fsp3) is 0.857. The quantitative estimate of drug-likeness (QED) is 0.632. The van der Waals surface area contributed by atoms with E-state index in [4.69, 9.17) is 9.84 Å². The number of carboxylic acid groups (broad SMARTS) is 1. The lowest BCUT2D eigenvalue weighted by Gasteiger charge is -2.08. The number of hydrogen-bond acceptors (Lipinski definition) is 2. The summed E-state index contributed by atoms with van der Waals surface area (Å²) in [7, 11) is 1.52. The number of methoxy groups -OCH3 is 1. The van der Waals surface area contributed by atoms with Gasteiger partial charge in [0.05, 0.1) is 12.5 Å². The lowest BCUT2D eigenvalue weighted by molar-refractivity contribution is -0.143. The van der Waals surface area contributed by atoms with Gasteiger partial charge in [0.1, 0.15) is 0 Å². The highest BCUT2D eigenvalue weighted by Crippen LogP contribution is 2.05. The Morgan fingerprint density at radius 1 is 1.70 bits per heavy atom. The molecule has 60 valence electrons. The third-order valence-electron chi connectivity index (χ3n) is 1.35. The average Bonchev–Trinajstić information content (AvgIpc) is 1.87. The van der Waals surface area contributed by atoms with E-state index in [-0.39, 0.29) is 5.92 Å². The molecule has 3 heteroatoms. The molecule has 0 unspecified atom stereocenters. The molecule has 1 N–H and O–H groups in total. The average molecular weight is 146 g/mol. The lowest BCUT2D eigenvalue weighted by Crippen LogP contribution is -2.18. The van der Waals surface area contributed by atoms with Crippen LogP contribution in [0.25, 0.3) is 0 Å². The summed E-state index contributed by atoms with van der Waals surface area (Å²) in [4.78, 5) is 10.4. The van der Waals surface area contributed by atoms with Crippen molar-refractivity contribution in [3.05, 3.63) is 0 Å². The second-order valence-electron chi connectivity index (χ2n) is 2.28. The molecule has 0 bridgehead atoms. The molecule has 0 amide bonds. The van der Waals surface area contributed by atoms with Crippen molar-refractivity contribution in [1.29, 1.82) is 0 Å². The largest absolute Gasteiger partial charge is 0.481 e. The topological polar surface area (TPSA) is 46.5 Å². The second kappa shape index (κ2) is 5.23. The highest BCUT2D eigenvalue weighted by atomic mass is 16.5. The van der Waals surface area contributed by atoms with Crippen LogP contribution in [-0.4, -0.2) is 24.8 Å². The molecule has 1 atom stereocenters. The lowest BCUT2D eigenvalue weighted by atomic mass is 10.1. The Balaban J connectivity index is 3.61. The minimum absolute atomic E-state index is 0.323. The molecule has 0 saturated heterocycles. The second-order valence-corrected chi connectivity index (χ2v) is 2.28. The molecular weight excluding hydrogens is 132 g/mol. The Bertz CT molecular complexity index is 95.0. The normalized spacial score (nSPS) is 13.0. The van der Waals surface area contributed by atoms with Crippen LogP contribution in [0.1, 0.15) is 19.8 Å². The maximum atomic E-state index is 10.4. The van der Waals surface area contributed by atoms with Gasteiger partial charge >= 0.3 is 5.97 Å². The minimum Gasteiger partial charge on any atom is -0.481 e. The zero-order valence-electron chi connectivity index (χ0n) is 6.46. The minimum atomic E-state index is -0.760. The summed E-state index contributed by atoms with van der Waals surface area (Å²) in [6.45, 7) is 2.29. The molecule has 10 heavy (non-hydrogen) atoms. The molecule has 0 aliphatic rings. The predicted molar refractivity (Wildman–Crippen MR) is 37.9 cm³/mol. The van der Waals surface area contributed by atoms with Crippen molar-refractivity contribution >= 4 is 5.97 Å². The van der Waals surface area contributed by atoms with Gasteiger partial charge in [0.25, 0.3) is 0 Å². The SMILES string of the molecule is CCC[C@@H](COC)C(=O)O. The third kappa shape index (κ3) is 3.45. The molecule has 0 saturated carbocycles. The summed E-state index contributed by atoms with van der Waals surface area (Å²) in [5.74, 6) is -1.08. The van der Waals surface area contributed by atoms with Crippen LogP contribution in [0.3, 0.4) is 0 Å². The van der Waals surface area contributed by atoms with Gasteiger partial charge in [-0.3, -0.25) is 4.79 Å². The standard InChI is InChI=1S/C7H14O3/c1-3-4-6(5-10-2)7(8)9/h6H,3-5H2,1-2H3,(H,8,9)/t6-/m0/s1. The number of rotatable bonds is 5. The van der Waals surface area contributed by atoms with Crippen LogP contribution in [-0.2, 0) is 9.53 Å². The number of aliphatic carboxylic acids is 1. The Kier molecular flexibility index (Phi) is 4.94. The highest BCUT2D eigenvalue weighted by molar-refractivity contribution is 5.70. The van der Waals surface area contributed by atoms with Crippen LogP contribution < -0.4 is 0 Å². The summed E-state index contributed by atoms with van der Waals surface area (Å²) < 4.78 is 4.74. The summed E-state index contributed by atoms with van der Waals surface area (Å²) in [5, 5.41) is 8.56. The van der Waals surface area contributed by atoms with Crippen LogP contribution in [0.2, 0.25) is 0 Å². The van der Waals surface area contributed by atoms with Crippen molar-refractivity contribution in [3.8, 4) is 0 Å². The first-order valence-electron chi connectivity index (χ1n) is 3.44. The molecule has 0 aliphatic heterocycles. The van der Waals surface area contributed by atoms with Gasteiger partial charge in [0.15, 0.2) is 0 Å². The molecule has 0 aliphatic carbocycles. The van der Waals surface area contributed by atoms with E-state index in [9.17, 15) is 4.79 Å². The zero-order valence-corrected chi connectivity index (χ0v) is 6.46. The number of carboxylic acids is 1.